The predicted molar refractivity (Wildman–Crippen MR) is 94.4 cm³/mol. The third kappa shape index (κ3) is 3.15. The molecule has 0 saturated heterocycles. The summed E-state index contributed by atoms with van der Waals surface area (Å²) in [7, 11) is 1.62. The topological polar surface area (TPSA) is 67.0 Å². The number of aromatic amines is 1. The molecule has 122 valence electrons. The average molecular weight is 321 g/mol. The van der Waals surface area contributed by atoms with E-state index in [1.54, 1.807) is 13.3 Å². The van der Waals surface area contributed by atoms with Crippen LogP contribution < -0.4 is 10.1 Å². The number of ether oxygens (including phenoxy) is 1. The third-order valence-corrected chi connectivity index (χ3v) is 3.89. The molecule has 24 heavy (non-hydrogen) atoms. The number of anilines is 1. The molecule has 0 aliphatic rings. The number of aromatic nitrogens is 2. The van der Waals surface area contributed by atoms with Gasteiger partial charge in [-0.2, -0.15) is 5.10 Å². The number of benzene rings is 2. The lowest BCUT2D eigenvalue weighted by Gasteiger charge is -2.09. The Bertz CT molecular complexity index is 867. The molecule has 2 aromatic carbocycles. The fourth-order valence-electron chi connectivity index (χ4n) is 2.58. The lowest BCUT2D eigenvalue weighted by atomic mass is 10.1. The van der Waals surface area contributed by atoms with Gasteiger partial charge in [0.25, 0.3) is 5.91 Å². The highest BCUT2D eigenvalue weighted by atomic mass is 16.5. The summed E-state index contributed by atoms with van der Waals surface area (Å²) in [4.78, 5) is 12.6. The van der Waals surface area contributed by atoms with Gasteiger partial charge < -0.3 is 10.1 Å². The minimum Gasteiger partial charge on any atom is -0.497 e. The van der Waals surface area contributed by atoms with E-state index in [1.807, 2.05) is 56.3 Å². The van der Waals surface area contributed by atoms with E-state index >= 15 is 0 Å². The summed E-state index contributed by atoms with van der Waals surface area (Å²) < 4.78 is 5.16. The van der Waals surface area contributed by atoms with Gasteiger partial charge in [0.15, 0.2) is 0 Å². The summed E-state index contributed by atoms with van der Waals surface area (Å²) >= 11 is 0. The second kappa shape index (κ2) is 6.58. The van der Waals surface area contributed by atoms with Gasteiger partial charge in [-0.15, -0.1) is 0 Å². The van der Waals surface area contributed by atoms with Crippen molar-refractivity contribution in [2.75, 3.05) is 12.4 Å². The molecular weight excluding hydrogens is 302 g/mol. The zero-order valence-electron chi connectivity index (χ0n) is 13.9. The summed E-state index contributed by atoms with van der Waals surface area (Å²) in [5, 5.41) is 9.87. The molecule has 5 heteroatoms. The van der Waals surface area contributed by atoms with Crippen LogP contribution in [-0.4, -0.2) is 23.2 Å². The molecule has 5 nitrogen and oxygen atoms in total. The van der Waals surface area contributed by atoms with Crippen molar-refractivity contribution in [1.29, 1.82) is 0 Å². The summed E-state index contributed by atoms with van der Waals surface area (Å²) in [6.07, 6.45) is 1.54. The number of nitrogens with one attached hydrogen (secondary N) is 2. The molecule has 0 atom stereocenters. The molecule has 2 N–H and O–H groups in total. The van der Waals surface area contributed by atoms with Gasteiger partial charge >= 0.3 is 0 Å². The highest BCUT2D eigenvalue weighted by Crippen LogP contribution is 2.25. The normalized spacial score (nSPS) is 10.5. The largest absolute Gasteiger partial charge is 0.497 e. The Labute approximate surface area is 140 Å². The Kier molecular flexibility index (Phi) is 4.33. The number of rotatable bonds is 4. The fraction of sp³-hybridized carbons (Fsp3) is 0.158. The van der Waals surface area contributed by atoms with Gasteiger partial charge in [0.05, 0.1) is 24.6 Å². The molecule has 1 aromatic heterocycles. The highest BCUT2D eigenvalue weighted by Gasteiger charge is 2.16. The molecule has 0 fully saturated rings. The molecule has 0 spiro atoms. The van der Waals surface area contributed by atoms with Crippen molar-refractivity contribution in [2.45, 2.75) is 13.8 Å². The summed E-state index contributed by atoms with van der Waals surface area (Å²) in [5.41, 5.74) is 5.04. The molecule has 0 aliphatic carbocycles. The molecule has 0 bridgehead atoms. The summed E-state index contributed by atoms with van der Waals surface area (Å²) in [5.74, 6) is 0.570. The van der Waals surface area contributed by atoms with Crippen molar-refractivity contribution in [3.05, 3.63) is 65.4 Å². The van der Waals surface area contributed by atoms with Gasteiger partial charge in [0.2, 0.25) is 0 Å². The van der Waals surface area contributed by atoms with Crippen LogP contribution in [0.2, 0.25) is 0 Å². The van der Waals surface area contributed by atoms with E-state index in [2.05, 4.69) is 15.5 Å². The number of hydrogen-bond acceptors (Lipinski definition) is 3. The summed E-state index contributed by atoms with van der Waals surface area (Å²) in [6.45, 7) is 4.00. The maximum Gasteiger partial charge on any atom is 0.259 e. The van der Waals surface area contributed by atoms with Crippen molar-refractivity contribution in [1.82, 2.24) is 10.2 Å². The zero-order valence-corrected chi connectivity index (χ0v) is 13.9. The average Bonchev–Trinajstić information content (AvgIpc) is 3.07. The zero-order chi connectivity index (χ0) is 17.1. The standard InChI is InChI=1S/C19H19N3O2/c1-12-4-9-17(13(2)10-12)21-19(23)16-11-20-22-18(16)14-5-7-15(24-3)8-6-14/h4-11H,1-3H3,(H,20,22)(H,21,23). The van der Waals surface area contributed by atoms with E-state index in [0.717, 1.165) is 28.1 Å². The minimum atomic E-state index is -0.193. The predicted octanol–water partition coefficient (Wildman–Crippen LogP) is 3.95. The van der Waals surface area contributed by atoms with E-state index in [1.165, 1.54) is 0 Å². The second-order valence-electron chi connectivity index (χ2n) is 5.66. The quantitative estimate of drug-likeness (QED) is 0.764. The van der Waals surface area contributed by atoms with Gasteiger partial charge in [-0.3, -0.25) is 9.89 Å². The molecule has 0 radical (unpaired) electrons. The number of methoxy groups -OCH3 is 1. The van der Waals surface area contributed by atoms with E-state index in [0.29, 0.717) is 11.3 Å². The van der Waals surface area contributed by atoms with Gasteiger partial charge in [-0.05, 0) is 49.7 Å². The minimum absolute atomic E-state index is 0.193. The first-order valence-corrected chi connectivity index (χ1v) is 7.65. The Morgan fingerprint density at radius 1 is 1.12 bits per heavy atom. The van der Waals surface area contributed by atoms with Crippen LogP contribution in [0.15, 0.2) is 48.7 Å². The van der Waals surface area contributed by atoms with E-state index in [4.69, 9.17) is 4.74 Å². The first kappa shape index (κ1) is 15.8. The number of nitrogens with zero attached hydrogens (tertiary/aromatic N) is 1. The van der Waals surface area contributed by atoms with Crippen LogP contribution in [0.4, 0.5) is 5.69 Å². The number of H-pyrrole nitrogens is 1. The van der Waals surface area contributed by atoms with Crippen molar-refractivity contribution in [3.8, 4) is 17.0 Å². The van der Waals surface area contributed by atoms with Crippen LogP contribution in [0, 0.1) is 13.8 Å². The first-order chi connectivity index (χ1) is 11.6. The molecule has 0 unspecified atom stereocenters. The number of hydrogen-bond donors (Lipinski definition) is 2. The molecule has 3 aromatic rings. The maximum atomic E-state index is 12.6. The van der Waals surface area contributed by atoms with Crippen molar-refractivity contribution in [2.24, 2.45) is 0 Å². The van der Waals surface area contributed by atoms with E-state index < -0.39 is 0 Å². The molecule has 3 rings (SSSR count). The monoisotopic (exact) mass is 321 g/mol. The molecule has 1 heterocycles. The van der Waals surface area contributed by atoms with E-state index in [9.17, 15) is 4.79 Å². The van der Waals surface area contributed by atoms with Crippen LogP contribution in [0.3, 0.4) is 0 Å². The summed E-state index contributed by atoms with van der Waals surface area (Å²) in [6, 6.07) is 13.4. The number of aryl methyl sites for hydroxylation is 2. The Morgan fingerprint density at radius 3 is 2.54 bits per heavy atom. The van der Waals surface area contributed by atoms with Crippen LogP contribution in [0.1, 0.15) is 21.5 Å². The van der Waals surface area contributed by atoms with E-state index in [-0.39, 0.29) is 5.91 Å². The number of amides is 1. The molecule has 0 aliphatic heterocycles. The number of carbonyl (C=O) groups is 1. The highest BCUT2D eigenvalue weighted by molar-refractivity contribution is 6.08. The van der Waals surface area contributed by atoms with Crippen LogP contribution in [0.5, 0.6) is 5.75 Å². The van der Waals surface area contributed by atoms with Crippen LogP contribution >= 0.6 is 0 Å². The fourth-order valence-corrected chi connectivity index (χ4v) is 2.58. The lowest BCUT2D eigenvalue weighted by Crippen LogP contribution is -2.13. The van der Waals surface area contributed by atoms with Crippen molar-refractivity contribution in [3.63, 3.8) is 0 Å². The Balaban J connectivity index is 1.87. The first-order valence-electron chi connectivity index (χ1n) is 7.65. The molecular formula is C19H19N3O2. The van der Waals surface area contributed by atoms with Gasteiger partial charge in [0, 0.05) is 11.3 Å². The molecule has 0 saturated carbocycles. The van der Waals surface area contributed by atoms with Gasteiger partial charge in [-0.1, -0.05) is 17.7 Å². The van der Waals surface area contributed by atoms with Crippen molar-refractivity contribution < 1.29 is 9.53 Å². The van der Waals surface area contributed by atoms with Gasteiger partial charge in [-0.25, -0.2) is 0 Å². The SMILES string of the molecule is COc1ccc(-c2[nH]ncc2C(=O)Nc2ccc(C)cc2C)cc1. The van der Waals surface area contributed by atoms with Gasteiger partial charge in [0.1, 0.15) is 5.75 Å². The Morgan fingerprint density at radius 2 is 1.88 bits per heavy atom. The maximum absolute atomic E-state index is 12.6. The number of carbonyl (C=O) groups excluding carboxylic acids is 1. The lowest BCUT2D eigenvalue weighted by molar-refractivity contribution is 0.102. The van der Waals surface area contributed by atoms with Crippen LogP contribution in [-0.2, 0) is 0 Å². The smallest absolute Gasteiger partial charge is 0.259 e. The second-order valence-corrected chi connectivity index (χ2v) is 5.66. The van der Waals surface area contributed by atoms with Crippen LogP contribution in [0.25, 0.3) is 11.3 Å². The molecule has 1 amide bonds. The Hall–Kier alpha value is -3.08. The van der Waals surface area contributed by atoms with Crippen molar-refractivity contribution >= 4 is 11.6 Å². The third-order valence-electron chi connectivity index (χ3n) is 3.89.